The molecule has 3 fully saturated rings. The van der Waals surface area contributed by atoms with Gasteiger partial charge in [0.1, 0.15) is 0 Å². The molecular weight excluding hydrogens is 396 g/mol. The minimum Gasteiger partial charge on any atom is -0.483 e. The Bertz CT molecular complexity index is 1010. The van der Waals surface area contributed by atoms with Gasteiger partial charge in [-0.25, -0.2) is 0 Å². The summed E-state index contributed by atoms with van der Waals surface area (Å²) in [5, 5.41) is 6.89. The first-order valence-corrected chi connectivity index (χ1v) is 10.4. The van der Waals surface area contributed by atoms with E-state index in [0.29, 0.717) is 26.0 Å². The number of likely N-dealkylation sites (tertiary alicyclic amines) is 1. The largest absolute Gasteiger partial charge is 0.483 e. The van der Waals surface area contributed by atoms with E-state index >= 15 is 0 Å². The molecule has 31 heavy (non-hydrogen) atoms. The van der Waals surface area contributed by atoms with Crippen molar-refractivity contribution < 1.29 is 24.2 Å². The lowest BCUT2D eigenvalue weighted by Crippen LogP contribution is -2.49. The van der Waals surface area contributed by atoms with Crippen LogP contribution in [0, 0.1) is 13.8 Å². The molecule has 0 aliphatic carbocycles. The van der Waals surface area contributed by atoms with E-state index in [1.54, 1.807) is 0 Å². The molecule has 3 heterocycles. The summed E-state index contributed by atoms with van der Waals surface area (Å²) in [7, 11) is 0. The van der Waals surface area contributed by atoms with E-state index in [1.165, 1.54) is 0 Å². The number of hydrogen-bond donors (Lipinski definition) is 1. The molecule has 0 bridgehead atoms. The van der Waals surface area contributed by atoms with Gasteiger partial charge < -0.3 is 19.6 Å². The van der Waals surface area contributed by atoms with Gasteiger partial charge in [0.2, 0.25) is 5.91 Å². The fourth-order valence-corrected chi connectivity index (χ4v) is 5.15. The van der Waals surface area contributed by atoms with Gasteiger partial charge in [-0.1, -0.05) is 42.5 Å². The maximum atomic E-state index is 13.3. The molecule has 3 saturated heterocycles. The van der Waals surface area contributed by atoms with Crippen molar-refractivity contribution in [1.82, 2.24) is 9.80 Å². The Morgan fingerprint density at radius 2 is 1.87 bits per heavy atom. The minimum absolute atomic E-state index is 0.00415. The number of hydrogen-bond acceptors (Lipinski definition) is 4. The number of ether oxygens (including phenoxy) is 1. The fourth-order valence-electron chi connectivity index (χ4n) is 5.15. The SMILES string of the molecule is Cc1cccc(C(=O)N2CC[C@@]34OC[C@@H](c5ccccc5)N3C(=O)C[C@@H]24)c1C.O=CO. The van der Waals surface area contributed by atoms with Crippen LogP contribution < -0.4 is 0 Å². The summed E-state index contributed by atoms with van der Waals surface area (Å²) in [5.74, 6) is 0.0827. The molecule has 0 unspecified atom stereocenters. The molecule has 2 aromatic rings. The Labute approximate surface area is 181 Å². The van der Waals surface area contributed by atoms with Gasteiger partial charge in [0, 0.05) is 18.5 Å². The molecule has 0 saturated carbocycles. The number of carbonyl (C=O) groups is 3. The lowest BCUT2D eigenvalue weighted by atomic mass is 10.0. The molecule has 1 N–H and O–H groups in total. The Morgan fingerprint density at radius 1 is 1.16 bits per heavy atom. The molecule has 3 aliphatic rings. The molecule has 2 aromatic carbocycles. The third-order valence-corrected chi connectivity index (χ3v) is 6.74. The zero-order chi connectivity index (χ0) is 22.2. The highest BCUT2D eigenvalue weighted by molar-refractivity contribution is 5.97. The Hall–Kier alpha value is -3.19. The van der Waals surface area contributed by atoms with Crippen molar-refractivity contribution in [1.29, 1.82) is 0 Å². The molecular formula is C24H26N2O5. The summed E-state index contributed by atoms with van der Waals surface area (Å²) in [6.45, 7) is 4.85. The van der Waals surface area contributed by atoms with E-state index in [4.69, 9.17) is 14.6 Å². The quantitative estimate of drug-likeness (QED) is 0.752. The smallest absolute Gasteiger partial charge is 0.290 e. The third kappa shape index (κ3) is 3.29. The van der Waals surface area contributed by atoms with Gasteiger partial charge >= 0.3 is 0 Å². The second-order valence-electron chi connectivity index (χ2n) is 8.17. The van der Waals surface area contributed by atoms with Crippen LogP contribution in [-0.2, 0) is 14.3 Å². The molecule has 5 rings (SSSR count). The number of rotatable bonds is 2. The predicted molar refractivity (Wildman–Crippen MR) is 113 cm³/mol. The van der Waals surface area contributed by atoms with Crippen LogP contribution in [0.1, 0.15) is 45.9 Å². The first-order valence-electron chi connectivity index (χ1n) is 10.4. The maximum absolute atomic E-state index is 13.3. The van der Waals surface area contributed by atoms with Gasteiger partial charge in [-0.3, -0.25) is 14.4 Å². The monoisotopic (exact) mass is 422 g/mol. The maximum Gasteiger partial charge on any atom is 0.290 e. The zero-order valence-electron chi connectivity index (χ0n) is 17.7. The van der Waals surface area contributed by atoms with Crippen molar-refractivity contribution in [3.8, 4) is 0 Å². The van der Waals surface area contributed by atoms with Gasteiger partial charge in [-0.15, -0.1) is 0 Å². The zero-order valence-corrected chi connectivity index (χ0v) is 17.7. The summed E-state index contributed by atoms with van der Waals surface area (Å²) in [5.41, 5.74) is 3.24. The highest BCUT2D eigenvalue weighted by Gasteiger charge is 2.65. The highest BCUT2D eigenvalue weighted by atomic mass is 16.5. The van der Waals surface area contributed by atoms with E-state index < -0.39 is 5.72 Å². The lowest BCUT2D eigenvalue weighted by Gasteiger charge is -2.33. The van der Waals surface area contributed by atoms with Gasteiger partial charge in [0.25, 0.3) is 12.4 Å². The second-order valence-corrected chi connectivity index (χ2v) is 8.17. The van der Waals surface area contributed by atoms with Crippen molar-refractivity contribution in [2.24, 2.45) is 0 Å². The van der Waals surface area contributed by atoms with E-state index in [2.05, 4.69) is 0 Å². The van der Waals surface area contributed by atoms with Crippen LogP contribution in [-0.4, -0.2) is 58.1 Å². The Balaban J connectivity index is 0.000000730. The van der Waals surface area contributed by atoms with Gasteiger partial charge in [-0.05, 0) is 36.6 Å². The van der Waals surface area contributed by atoms with E-state index in [0.717, 1.165) is 22.3 Å². The van der Waals surface area contributed by atoms with Crippen molar-refractivity contribution in [2.75, 3.05) is 13.2 Å². The average molecular weight is 422 g/mol. The second kappa shape index (κ2) is 8.15. The van der Waals surface area contributed by atoms with Crippen molar-refractivity contribution in [2.45, 2.75) is 44.5 Å². The summed E-state index contributed by atoms with van der Waals surface area (Å²) in [4.78, 5) is 38.5. The molecule has 7 nitrogen and oxygen atoms in total. The molecule has 7 heteroatoms. The molecule has 2 amide bonds. The van der Waals surface area contributed by atoms with Crippen LogP contribution in [0.3, 0.4) is 0 Å². The Kier molecular flexibility index (Phi) is 5.54. The normalized spacial score (nSPS) is 26.2. The Morgan fingerprint density at radius 3 is 2.58 bits per heavy atom. The van der Waals surface area contributed by atoms with Crippen LogP contribution in [0.4, 0.5) is 0 Å². The van der Waals surface area contributed by atoms with Crippen LogP contribution in [0.2, 0.25) is 0 Å². The molecule has 0 radical (unpaired) electrons. The van der Waals surface area contributed by atoms with Gasteiger partial charge in [-0.2, -0.15) is 0 Å². The first-order chi connectivity index (χ1) is 14.9. The summed E-state index contributed by atoms with van der Waals surface area (Å²) in [6, 6.07) is 15.6. The average Bonchev–Trinajstić information content (AvgIpc) is 3.40. The number of carbonyl (C=O) groups excluding carboxylic acids is 2. The molecule has 0 aromatic heterocycles. The number of nitrogens with zero attached hydrogens (tertiary/aromatic N) is 2. The van der Waals surface area contributed by atoms with Crippen LogP contribution >= 0.6 is 0 Å². The number of benzene rings is 2. The van der Waals surface area contributed by atoms with Gasteiger partial charge in [0.15, 0.2) is 5.72 Å². The summed E-state index contributed by atoms with van der Waals surface area (Å²) in [6.07, 6.45) is 1.00. The van der Waals surface area contributed by atoms with Gasteiger partial charge in [0.05, 0.1) is 25.1 Å². The summed E-state index contributed by atoms with van der Waals surface area (Å²) >= 11 is 0. The van der Waals surface area contributed by atoms with Crippen molar-refractivity contribution in [3.63, 3.8) is 0 Å². The van der Waals surface area contributed by atoms with Crippen LogP contribution in [0.15, 0.2) is 48.5 Å². The molecule has 162 valence electrons. The minimum atomic E-state index is -0.676. The van der Waals surface area contributed by atoms with Crippen LogP contribution in [0.25, 0.3) is 0 Å². The number of carboxylic acid groups (broad SMARTS) is 1. The standard InChI is InChI=1S/C23H24N2O3.CH2O2/c1-15-7-6-10-18(16(15)2)22(27)24-12-11-23-20(24)13-21(26)25(23)19(14-28-23)17-8-4-3-5-9-17;2-1-3/h3-10,19-20H,11-14H2,1-2H3;1H,(H,2,3)/t19-,20+,23-;/m0./s1. The topological polar surface area (TPSA) is 87.2 Å². The fraction of sp³-hybridized carbons (Fsp3) is 0.375. The lowest BCUT2D eigenvalue weighted by molar-refractivity contribution is -0.138. The first kappa shape index (κ1) is 21.1. The molecule has 1 spiro atoms. The summed E-state index contributed by atoms with van der Waals surface area (Å²) < 4.78 is 6.31. The van der Waals surface area contributed by atoms with Crippen molar-refractivity contribution in [3.05, 3.63) is 70.8 Å². The predicted octanol–water partition coefficient (Wildman–Crippen LogP) is 2.92. The highest BCUT2D eigenvalue weighted by Crippen LogP contribution is 2.51. The molecule has 3 aliphatic heterocycles. The third-order valence-electron chi connectivity index (χ3n) is 6.74. The van der Waals surface area contributed by atoms with Crippen LogP contribution in [0.5, 0.6) is 0 Å². The van der Waals surface area contributed by atoms with E-state index in [9.17, 15) is 9.59 Å². The number of amides is 2. The van der Waals surface area contributed by atoms with E-state index in [-0.39, 0.29) is 30.4 Å². The van der Waals surface area contributed by atoms with Crippen molar-refractivity contribution >= 4 is 18.3 Å². The van der Waals surface area contributed by atoms with E-state index in [1.807, 2.05) is 72.2 Å². The molecule has 3 atom stereocenters. The number of aryl methyl sites for hydroxylation is 1.